The summed E-state index contributed by atoms with van der Waals surface area (Å²) in [5, 5.41) is 5.55. The van der Waals surface area contributed by atoms with Crippen LogP contribution in [0.5, 0.6) is 0 Å². The summed E-state index contributed by atoms with van der Waals surface area (Å²) in [6, 6.07) is 12.4. The molecule has 24 heavy (non-hydrogen) atoms. The van der Waals surface area contributed by atoms with Gasteiger partial charge in [0.15, 0.2) is 0 Å². The molecule has 1 saturated heterocycles. The minimum Gasteiger partial charge on any atom is -0.326 e. The van der Waals surface area contributed by atoms with Gasteiger partial charge in [0.05, 0.1) is 11.7 Å². The summed E-state index contributed by atoms with van der Waals surface area (Å²) in [6.07, 6.45) is 2.36. The van der Waals surface area contributed by atoms with E-state index in [4.69, 9.17) is 0 Å². The molecule has 3 rings (SSSR count). The van der Waals surface area contributed by atoms with Crippen LogP contribution in [0.15, 0.2) is 48.7 Å². The zero-order valence-electron chi connectivity index (χ0n) is 13.2. The standard InChI is InChI=1S/C17H19N5O2/c1-11(23)19-12-5-7-13(8-6-12)20-17(24)16-10-15(21-22-16)14-4-2-3-9-18-14/h2-9,15-16,21-22H,10H2,1H3,(H,19,23)(H,20,24). The zero-order valence-corrected chi connectivity index (χ0v) is 13.2. The van der Waals surface area contributed by atoms with Crippen molar-refractivity contribution in [3.05, 3.63) is 54.4 Å². The first kappa shape index (κ1) is 16.1. The zero-order chi connectivity index (χ0) is 16.9. The molecule has 2 unspecified atom stereocenters. The van der Waals surface area contributed by atoms with Gasteiger partial charge >= 0.3 is 0 Å². The molecule has 1 aromatic heterocycles. The van der Waals surface area contributed by atoms with Crippen molar-refractivity contribution in [3.8, 4) is 0 Å². The quantitative estimate of drug-likeness (QED) is 0.685. The van der Waals surface area contributed by atoms with E-state index < -0.39 is 0 Å². The topological polar surface area (TPSA) is 95.2 Å². The van der Waals surface area contributed by atoms with E-state index in [0.717, 1.165) is 5.69 Å². The van der Waals surface area contributed by atoms with Crippen LogP contribution in [0.4, 0.5) is 11.4 Å². The van der Waals surface area contributed by atoms with Gasteiger partial charge in [0.25, 0.3) is 0 Å². The molecule has 0 aliphatic carbocycles. The van der Waals surface area contributed by atoms with Crippen LogP contribution in [-0.4, -0.2) is 22.8 Å². The molecular formula is C17H19N5O2. The predicted octanol–water partition coefficient (Wildman–Crippen LogP) is 1.59. The monoisotopic (exact) mass is 325 g/mol. The van der Waals surface area contributed by atoms with E-state index in [0.29, 0.717) is 17.8 Å². The number of benzene rings is 1. The maximum Gasteiger partial charge on any atom is 0.242 e. The average molecular weight is 325 g/mol. The summed E-state index contributed by atoms with van der Waals surface area (Å²) in [6.45, 7) is 1.45. The Morgan fingerprint density at radius 2 is 1.75 bits per heavy atom. The third-order valence-corrected chi connectivity index (χ3v) is 3.74. The van der Waals surface area contributed by atoms with Gasteiger partial charge in [-0.25, -0.2) is 10.9 Å². The lowest BCUT2D eigenvalue weighted by Crippen LogP contribution is -2.39. The van der Waals surface area contributed by atoms with Crippen LogP contribution < -0.4 is 21.5 Å². The molecule has 4 N–H and O–H groups in total. The average Bonchev–Trinajstić information content (AvgIpc) is 3.07. The number of hydrogen-bond donors (Lipinski definition) is 4. The first-order chi connectivity index (χ1) is 11.6. The normalized spacial score (nSPS) is 19.7. The summed E-state index contributed by atoms with van der Waals surface area (Å²) < 4.78 is 0. The number of pyridine rings is 1. The number of anilines is 2. The fraction of sp³-hybridized carbons (Fsp3) is 0.235. The third kappa shape index (κ3) is 3.95. The molecule has 7 heteroatoms. The van der Waals surface area contributed by atoms with E-state index >= 15 is 0 Å². The summed E-state index contributed by atoms with van der Waals surface area (Å²) in [5.41, 5.74) is 8.37. The predicted molar refractivity (Wildman–Crippen MR) is 91.0 cm³/mol. The molecule has 2 amide bonds. The van der Waals surface area contributed by atoms with Crippen molar-refractivity contribution >= 4 is 23.2 Å². The van der Waals surface area contributed by atoms with Crippen LogP contribution in [0.2, 0.25) is 0 Å². The van der Waals surface area contributed by atoms with Crippen LogP contribution in [0, 0.1) is 0 Å². The Kier molecular flexibility index (Phi) is 4.83. The highest BCUT2D eigenvalue weighted by Gasteiger charge is 2.30. The lowest BCUT2D eigenvalue weighted by atomic mass is 10.1. The van der Waals surface area contributed by atoms with Gasteiger partial charge in [-0.05, 0) is 42.8 Å². The van der Waals surface area contributed by atoms with Crippen molar-refractivity contribution in [2.45, 2.75) is 25.4 Å². The third-order valence-electron chi connectivity index (χ3n) is 3.74. The number of rotatable bonds is 4. The van der Waals surface area contributed by atoms with Crippen molar-refractivity contribution < 1.29 is 9.59 Å². The van der Waals surface area contributed by atoms with E-state index in [1.165, 1.54) is 6.92 Å². The Labute approximate surface area is 139 Å². The van der Waals surface area contributed by atoms with Crippen molar-refractivity contribution in [2.24, 2.45) is 0 Å². The Hall–Kier alpha value is -2.77. The summed E-state index contributed by atoms with van der Waals surface area (Å²) >= 11 is 0. The highest BCUT2D eigenvalue weighted by Crippen LogP contribution is 2.21. The number of carbonyl (C=O) groups excluding carboxylic acids is 2. The van der Waals surface area contributed by atoms with E-state index in [9.17, 15) is 9.59 Å². The lowest BCUT2D eigenvalue weighted by molar-refractivity contribution is -0.118. The first-order valence-corrected chi connectivity index (χ1v) is 7.72. The second-order valence-electron chi connectivity index (χ2n) is 5.63. The fourth-order valence-corrected chi connectivity index (χ4v) is 2.57. The first-order valence-electron chi connectivity index (χ1n) is 7.72. The van der Waals surface area contributed by atoms with Gasteiger partial charge < -0.3 is 10.6 Å². The Balaban J connectivity index is 1.57. The summed E-state index contributed by atoms with van der Waals surface area (Å²) in [5.74, 6) is -0.248. The second-order valence-corrected chi connectivity index (χ2v) is 5.63. The maximum atomic E-state index is 12.4. The molecule has 0 radical (unpaired) electrons. The Morgan fingerprint density at radius 1 is 1.04 bits per heavy atom. The van der Waals surface area contributed by atoms with Crippen molar-refractivity contribution in [1.82, 2.24) is 15.8 Å². The van der Waals surface area contributed by atoms with E-state index in [1.807, 2.05) is 18.2 Å². The lowest BCUT2D eigenvalue weighted by Gasteiger charge is -2.11. The largest absolute Gasteiger partial charge is 0.326 e. The molecule has 1 aliphatic heterocycles. The maximum absolute atomic E-state index is 12.4. The number of carbonyl (C=O) groups is 2. The van der Waals surface area contributed by atoms with Gasteiger partial charge in [-0.15, -0.1) is 0 Å². The van der Waals surface area contributed by atoms with Crippen molar-refractivity contribution in [3.63, 3.8) is 0 Å². The molecular weight excluding hydrogens is 306 g/mol. The number of nitrogens with one attached hydrogen (secondary N) is 4. The minimum absolute atomic E-state index is 0.00379. The molecule has 1 fully saturated rings. The highest BCUT2D eigenvalue weighted by atomic mass is 16.2. The molecule has 2 aromatic rings. The van der Waals surface area contributed by atoms with Gasteiger partial charge in [0.2, 0.25) is 11.8 Å². The molecule has 0 saturated carbocycles. The smallest absolute Gasteiger partial charge is 0.242 e. The fourth-order valence-electron chi connectivity index (χ4n) is 2.57. The number of hydrazine groups is 1. The molecule has 124 valence electrons. The van der Waals surface area contributed by atoms with Gasteiger partial charge in [0, 0.05) is 24.5 Å². The van der Waals surface area contributed by atoms with Crippen molar-refractivity contribution in [2.75, 3.05) is 10.6 Å². The minimum atomic E-state index is -0.341. The van der Waals surface area contributed by atoms with Crippen LogP contribution in [0.3, 0.4) is 0 Å². The number of aromatic nitrogens is 1. The van der Waals surface area contributed by atoms with Gasteiger partial charge in [-0.1, -0.05) is 6.07 Å². The summed E-state index contributed by atoms with van der Waals surface area (Å²) in [4.78, 5) is 27.7. The van der Waals surface area contributed by atoms with E-state index in [1.54, 1.807) is 30.5 Å². The number of amides is 2. The molecule has 1 aromatic carbocycles. The molecule has 2 heterocycles. The molecule has 1 aliphatic rings. The van der Waals surface area contributed by atoms with Crippen LogP contribution in [0.25, 0.3) is 0 Å². The molecule has 7 nitrogen and oxygen atoms in total. The molecule has 2 atom stereocenters. The van der Waals surface area contributed by atoms with Crippen molar-refractivity contribution in [1.29, 1.82) is 0 Å². The Bertz CT molecular complexity index is 718. The van der Waals surface area contributed by atoms with E-state index in [-0.39, 0.29) is 23.9 Å². The molecule has 0 bridgehead atoms. The van der Waals surface area contributed by atoms with Gasteiger partial charge in [0.1, 0.15) is 6.04 Å². The second kappa shape index (κ2) is 7.20. The van der Waals surface area contributed by atoms with Crippen LogP contribution >= 0.6 is 0 Å². The van der Waals surface area contributed by atoms with Gasteiger partial charge in [-0.3, -0.25) is 14.6 Å². The number of nitrogens with zero attached hydrogens (tertiary/aromatic N) is 1. The Morgan fingerprint density at radius 3 is 2.38 bits per heavy atom. The summed E-state index contributed by atoms with van der Waals surface area (Å²) in [7, 11) is 0. The van der Waals surface area contributed by atoms with Crippen LogP contribution in [-0.2, 0) is 9.59 Å². The van der Waals surface area contributed by atoms with Gasteiger partial charge in [-0.2, -0.15) is 0 Å². The highest BCUT2D eigenvalue weighted by molar-refractivity contribution is 5.95. The molecule has 0 spiro atoms. The number of hydrogen-bond acceptors (Lipinski definition) is 5. The SMILES string of the molecule is CC(=O)Nc1ccc(NC(=O)C2CC(c3ccccn3)NN2)cc1. The van der Waals surface area contributed by atoms with Crippen LogP contribution in [0.1, 0.15) is 25.1 Å². The van der Waals surface area contributed by atoms with E-state index in [2.05, 4.69) is 26.5 Å².